The number of hydrogen-bond acceptors (Lipinski definition) is 7. The van der Waals surface area contributed by atoms with Crippen LogP contribution in [0.25, 0.3) is 10.2 Å². The first-order valence-electron chi connectivity index (χ1n) is 6.52. The molecule has 1 aromatic carbocycles. The molecule has 22 heavy (non-hydrogen) atoms. The highest BCUT2D eigenvalue weighted by atomic mass is 32.1. The minimum absolute atomic E-state index is 0.207. The van der Waals surface area contributed by atoms with E-state index in [4.69, 9.17) is 4.74 Å². The Morgan fingerprint density at radius 3 is 2.91 bits per heavy atom. The molecule has 0 aliphatic carbocycles. The number of rotatable bonds is 4. The lowest BCUT2D eigenvalue weighted by molar-refractivity contribution is 0.102. The fraction of sp³-hybridized carbons (Fsp3) is 0.214. The molecular formula is C14H14N4O2S2. The predicted molar refractivity (Wildman–Crippen MR) is 90.5 cm³/mol. The molecule has 114 valence electrons. The van der Waals surface area contributed by atoms with Gasteiger partial charge in [-0.25, -0.2) is 4.98 Å². The number of nitrogens with one attached hydrogen (secondary N) is 2. The molecule has 1 amide bonds. The van der Waals surface area contributed by atoms with Gasteiger partial charge in [0.1, 0.15) is 10.8 Å². The molecule has 0 fully saturated rings. The molecule has 0 saturated carbocycles. The molecular weight excluding hydrogens is 320 g/mol. The molecule has 0 bridgehead atoms. The summed E-state index contributed by atoms with van der Waals surface area (Å²) in [6.07, 6.45) is 0. The van der Waals surface area contributed by atoms with Crippen LogP contribution >= 0.6 is 22.9 Å². The third-order valence-corrected chi connectivity index (χ3v) is 5.02. The molecule has 0 aliphatic rings. The Labute approximate surface area is 135 Å². The van der Waals surface area contributed by atoms with E-state index >= 15 is 0 Å². The number of methoxy groups -OCH3 is 1. The summed E-state index contributed by atoms with van der Waals surface area (Å²) >= 11 is 2.68. The van der Waals surface area contributed by atoms with Gasteiger partial charge in [-0.05, 0) is 36.7 Å². The zero-order valence-electron chi connectivity index (χ0n) is 12.3. The SMILES string of the molecule is CNc1snc(C)c1C(=O)Nc1nc2ccc(OC)cc2s1. The van der Waals surface area contributed by atoms with Gasteiger partial charge in [0.2, 0.25) is 0 Å². The van der Waals surface area contributed by atoms with Crippen molar-refractivity contribution in [2.75, 3.05) is 24.8 Å². The second-order valence-corrected chi connectivity index (χ2v) is 6.33. The van der Waals surface area contributed by atoms with Crippen LogP contribution in [-0.2, 0) is 0 Å². The predicted octanol–water partition coefficient (Wildman–Crippen LogP) is 3.36. The second-order valence-electron chi connectivity index (χ2n) is 4.53. The molecule has 8 heteroatoms. The highest BCUT2D eigenvalue weighted by Crippen LogP contribution is 2.30. The van der Waals surface area contributed by atoms with E-state index in [1.807, 2.05) is 25.1 Å². The Morgan fingerprint density at radius 2 is 2.18 bits per heavy atom. The molecule has 0 unspecified atom stereocenters. The normalized spacial score (nSPS) is 10.7. The molecule has 0 saturated heterocycles. The van der Waals surface area contributed by atoms with E-state index in [0.29, 0.717) is 16.4 Å². The first-order chi connectivity index (χ1) is 10.6. The van der Waals surface area contributed by atoms with E-state index < -0.39 is 0 Å². The molecule has 2 aromatic heterocycles. The van der Waals surface area contributed by atoms with Gasteiger partial charge in [0.15, 0.2) is 5.13 Å². The van der Waals surface area contributed by atoms with Gasteiger partial charge < -0.3 is 10.1 Å². The highest BCUT2D eigenvalue weighted by Gasteiger charge is 2.19. The van der Waals surface area contributed by atoms with Gasteiger partial charge in [-0.1, -0.05) is 11.3 Å². The molecule has 2 N–H and O–H groups in total. The molecule has 0 atom stereocenters. The van der Waals surface area contributed by atoms with E-state index in [-0.39, 0.29) is 5.91 Å². The summed E-state index contributed by atoms with van der Waals surface area (Å²) in [6, 6.07) is 5.62. The van der Waals surface area contributed by atoms with Crippen LogP contribution in [0, 0.1) is 6.92 Å². The smallest absolute Gasteiger partial charge is 0.262 e. The van der Waals surface area contributed by atoms with Gasteiger partial charge in [0.25, 0.3) is 5.91 Å². The third kappa shape index (κ3) is 2.62. The maximum absolute atomic E-state index is 12.4. The number of carbonyl (C=O) groups is 1. The number of thiazole rings is 1. The van der Waals surface area contributed by atoms with E-state index in [1.165, 1.54) is 22.9 Å². The van der Waals surface area contributed by atoms with Gasteiger partial charge in [0.05, 0.1) is 28.6 Å². The van der Waals surface area contributed by atoms with E-state index in [9.17, 15) is 4.79 Å². The summed E-state index contributed by atoms with van der Waals surface area (Å²) in [6.45, 7) is 1.81. The fourth-order valence-corrected chi connectivity index (χ4v) is 3.68. The fourth-order valence-electron chi connectivity index (χ4n) is 2.05. The van der Waals surface area contributed by atoms with Crippen molar-refractivity contribution in [1.82, 2.24) is 9.36 Å². The number of ether oxygens (including phenoxy) is 1. The summed E-state index contributed by atoms with van der Waals surface area (Å²) in [7, 11) is 3.39. The van der Waals surface area contributed by atoms with Gasteiger partial charge >= 0.3 is 0 Å². The third-order valence-electron chi connectivity index (χ3n) is 3.13. The van der Waals surface area contributed by atoms with Crippen LogP contribution in [-0.4, -0.2) is 29.4 Å². The Balaban J connectivity index is 1.89. The van der Waals surface area contributed by atoms with Crippen LogP contribution in [0.5, 0.6) is 5.75 Å². The molecule has 2 heterocycles. The monoisotopic (exact) mass is 334 g/mol. The summed E-state index contributed by atoms with van der Waals surface area (Å²) in [4.78, 5) is 16.8. The number of anilines is 2. The zero-order chi connectivity index (χ0) is 15.7. The number of benzene rings is 1. The lowest BCUT2D eigenvalue weighted by Gasteiger charge is -2.03. The quantitative estimate of drug-likeness (QED) is 0.765. The maximum Gasteiger partial charge on any atom is 0.262 e. The lowest BCUT2D eigenvalue weighted by Crippen LogP contribution is -2.13. The average molecular weight is 334 g/mol. The van der Waals surface area contributed by atoms with Gasteiger partial charge in [-0.2, -0.15) is 4.37 Å². The molecule has 3 aromatic rings. The number of nitrogens with zero attached hydrogens (tertiary/aromatic N) is 2. The summed E-state index contributed by atoms with van der Waals surface area (Å²) in [5.74, 6) is 0.561. The topological polar surface area (TPSA) is 76.1 Å². The lowest BCUT2D eigenvalue weighted by atomic mass is 10.2. The largest absolute Gasteiger partial charge is 0.497 e. The maximum atomic E-state index is 12.4. The van der Waals surface area contributed by atoms with Crippen molar-refractivity contribution in [3.8, 4) is 5.75 Å². The molecule has 0 aliphatic heterocycles. The summed E-state index contributed by atoms with van der Waals surface area (Å²) in [5.41, 5.74) is 2.09. The first kappa shape index (κ1) is 14.7. The Morgan fingerprint density at radius 1 is 1.36 bits per heavy atom. The molecule has 0 spiro atoms. The van der Waals surface area contributed by atoms with Crippen molar-refractivity contribution in [2.45, 2.75) is 6.92 Å². The average Bonchev–Trinajstić information content (AvgIpc) is 3.08. The van der Waals surface area contributed by atoms with Gasteiger partial charge in [-0.15, -0.1) is 0 Å². The van der Waals surface area contributed by atoms with Crippen LogP contribution in [0.4, 0.5) is 10.1 Å². The standard InChI is InChI=1S/C14H14N4O2S2/c1-7-11(13(15-2)22-18-7)12(19)17-14-16-9-5-4-8(20-3)6-10(9)21-14/h4-6,15H,1-3H3,(H,16,17,19). The van der Waals surface area contributed by atoms with Gasteiger partial charge in [0, 0.05) is 7.05 Å². The van der Waals surface area contributed by atoms with Crippen LogP contribution in [0.2, 0.25) is 0 Å². The number of aryl methyl sites for hydroxylation is 1. The number of aromatic nitrogens is 2. The van der Waals surface area contributed by atoms with E-state index in [1.54, 1.807) is 14.2 Å². The van der Waals surface area contributed by atoms with E-state index in [2.05, 4.69) is 20.0 Å². The number of carbonyl (C=O) groups excluding carboxylic acids is 1. The number of hydrogen-bond donors (Lipinski definition) is 2. The number of fused-ring (bicyclic) bond motifs is 1. The summed E-state index contributed by atoms with van der Waals surface area (Å²) < 4.78 is 10.4. The molecule has 6 nitrogen and oxygen atoms in total. The first-order valence-corrected chi connectivity index (χ1v) is 8.11. The van der Waals surface area contributed by atoms with Crippen LogP contribution in [0.15, 0.2) is 18.2 Å². The van der Waals surface area contributed by atoms with Crippen LogP contribution in [0.3, 0.4) is 0 Å². The minimum Gasteiger partial charge on any atom is -0.497 e. The Bertz CT molecular complexity index is 841. The zero-order valence-corrected chi connectivity index (χ0v) is 13.9. The van der Waals surface area contributed by atoms with Crippen molar-refractivity contribution in [2.24, 2.45) is 0 Å². The molecule has 0 radical (unpaired) electrons. The Kier molecular flexibility index (Phi) is 3.95. The number of amides is 1. The van der Waals surface area contributed by atoms with Crippen molar-refractivity contribution in [1.29, 1.82) is 0 Å². The second kappa shape index (κ2) is 5.90. The highest BCUT2D eigenvalue weighted by molar-refractivity contribution is 7.22. The Hall–Kier alpha value is -2.19. The minimum atomic E-state index is -0.207. The van der Waals surface area contributed by atoms with Crippen molar-refractivity contribution < 1.29 is 9.53 Å². The van der Waals surface area contributed by atoms with Crippen molar-refractivity contribution >= 4 is 49.1 Å². The summed E-state index contributed by atoms with van der Waals surface area (Å²) in [5, 5.41) is 7.13. The van der Waals surface area contributed by atoms with Crippen LogP contribution in [0.1, 0.15) is 16.1 Å². The molecule has 3 rings (SSSR count). The van der Waals surface area contributed by atoms with Crippen molar-refractivity contribution in [3.05, 3.63) is 29.5 Å². The van der Waals surface area contributed by atoms with Crippen LogP contribution < -0.4 is 15.4 Å². The van der Waals surface area contributed by atoms with Gasteiger partial charge in [-0.3, -0.25) is 10.1 Å². The van der Waals surface area contributed by atoms with Crippen molar-refractivity contribution in [3.63, 3.8) is 0 Å². The van der Waals surface area contributed by atoms with E-state index in [0.717, 1.165) is 21.0 Å².